The number of rotatable bonds is 10. The van der Waals surface area contributed by atoms with Crippen molar-refractivity contribution >= 4 is 52.4 Å². The van der Waals surface area contributed by atoms with Crippen molar-refractivity contribution < 1.29 is 34.9 Å². The molecular formula is C52H62N10O7. The lowest BCUT2D eigenvalue weighted by Gasteiger charge is -2.39. The first kappa shape index (κ1) is 44.9. The minimum absolute atomic E-state index is 0. The molecule has 17 heteroatoms. The molecule has 1 atom stereocenters. The van der Waals surface area contributed by atoms with Crippen LogP contribution < -0.4 is 19.9 Å². The number of benzene rings is 2. The summed E-state index contributed by atoms with van der Waals surface area (Å²) < 4.78 is 16.2. The smallest absolute Gasteiger partial charge is 0.262 e. The third-order valence-electron chi connectivity index (χ3n) is 15.7. The lowest BCUT2D eigenvalue weighted by molar-refractivity contribution is -0.136. The molecule has 0 saturated carbocycles. The van der Waals surface area contributed by atoms with E-state index in [0.717, 1.165) is 147 Å². The van der Waals surface area contributed by atoms with E-state index in [1.165, 1.54) is 5.69 Å². The summed E-state index contributed by atoms with van der Waals surface area (Å²) in [7, 11) is 3.78. The van der Waals surface area contributed by atoms with Gasteiger partial charge in [-0.25, -0.2) is 4.98 Å². The first-order chi connectivity index (χ1) is 33.5. The van der Waals surface area contributed by atoms with Crippen LogP contribution in [0.2, 0.25) is 0 Å². The van der Waals surface area contributed by atoms with Gasteiger partial charge in [0, 0.05) is 120 Å². The molecule has 362 valence electrons. The molecule has 5 aromatic rings. The number of aromatic nitrogens is 4. The SMILES string of the molecule is COc1cc(N(C)c2nn(C3CCOCC3)c3c2CN(C(C)=O)CC3)ccc1-c1cc2nccn2cc1N1CCC(CN2CCC(c3ccc4c(c3)C(=O)N(C3CCC(=O)NC3=O)C4=O)CC2)CC1.[HH]. The van der Waals surface area contributed by atoms with Gasteiger partial charge in [0.2, 0.25) is 17.7 Å². The van der Waals surface area contributed by atoms with Gasteiger partial charge < -0.3 is 33.5 Å². The van der Waals surface area contributed by atoms with Crippen molar-refractivity contribution in [3.63, 3.8) is 0 Å². The number of ether oxygens (including phenoxy) is 2. The highest BCUT2D eigenvalue weighted by Crippen LogP contribution is 2.43. The topological polar surface area (TPSA) is 167 Å². The van der Waals surface area contributed by atoms with Gasteiger partial charge in [-0.15, -0.1) is 0 Å². The van der Waals surface area contributed by atoms with Gasteiger partial charge in [0.1, 0.15) is 17.4 Å². The molecule has 0 spiro atoms. The van der Waals surface area contributed by atoms with Gasteiger partial charge in [-0.3, -0.25) is 38.9 Å². The highest BCUT2D eigenvalue weighted by molar-refractivity contribution is 6.23. The summed E-state index contributed by atoms with van der Waals surface area (Å²) in [5, 5.41) is 7.54. The molecular weight excluding hydrogens is 877 g/mol. The Kier molecular flexibility index (Phi) is 12.0. The average Bonchev–Trinajstić information content (AvgIpc) is 4.07. The number of methoxy groups -OCH3 is 1. The Morgan fingerprint density at radius 2 is 1.64 bits per heavy atom. The third kappa shape index (κ3) is 8.32. The number of imidazole rings is 1. The minimum atomic E-state index is -0.967. The molecule has 17 nitrogen and oxygen atoms in total. The summed E-state index contributed by atoms with van der Waals surface area (Å²) in [5.41, 5.74) is 9.05. The Bertz CT molecular complexity index is 2860. The van der Waals surface area contributed by atoms with Gasteiger partial charge in [-0.2, -0.15) is 5.10 Å². The van der Waals surface area contributed by atoms with E-state index in [-0.39, 0.29) is 38.0 Å². The highest BCUT2D eigenvalue weighted by Gasteiger charge is 2.45. The number of likely N-dealkylation sites (tertiary alicyclic amines) is 1. The number of imide groups is 2. The van der Waals surface area contributed by atoms with E-state index in [9.17, 15) is 24.0 Å². The number of hydrogen-bond donors (Lipinski definition) is 1. The number of piperidine rings is 3. The Hall–Kier alpha value is -6.59. The zero-order chi connectivity index (χ0) is 47.5. The van der Waals surface area contributed by atoms with E-state index in [1.807, 2.05) is 29.4 Å². The monoisotopic (exact) mass is 938 g/mol. The van der Waals surface area contributed by atoms with Crippen molar-refractivity contribution in [2.24, 2.45) is 5.92 Å². The zero-order valence-electron chi connectivity index (χ0n) is 39.7. The van der Waals surface area contributed by atoms with Crippen molar-refractivity contribution in [2.75, 3.05) is 76.4 Å². The Balaban J connectivity index is 0.00000567. The number of carbonyl (C=O) groups excluding carboxylic acids is 5. The van der Waals surface area contributed by atoms with Crippen LogP contribution in [0.1, 0.15) is 109 Å². The number of pyridine rings is 1. The van der Waals surface area contributed by atoms with Gasteiger partial charge in [0.25, 0.3) is 11.8 Å². The Morgan fingerprint density at radius 3 is 2.39 bits per heavy atom. The second kappa shape index (κ2) is 18.4. The number of anilines is 3. The van der Waals surface area contributed by atoms with Gasteiger partial charge >= 0.3 is 0 Å². The van der Waals surface area contributed by atoms with Crippen LogP contribution in [0, 0.1) is 5.92 Å². The van der Waals surface area contributed by atoms with Crippen LogP contribution in [0.4, 0.5) is 17.2 Å². The maximum Gasteiger partial charge on any atom is 0.262 e. The fourth-order valence-electron chi connectivity index (χ4n) is 11.8. The molecule has 0 aliphatic carbocycles. The lowest BCUT2D eigenvalue weighted by atomic mass is 9.87. The van der Waals surface area contributed by atoms with Gasteiger partial charge in [-0.1, -0.05) is 6.07 Å². The summed E-state index contributed by atoms with van der Waals surface area (Å²) >= 11 is 0. The standard InChI is InChI=1S/C52H60N10O7.H2/c1-32(63)59-22-14-43-42(30-59)49(55-62(43)36-15-24-69-25-16-36)56(2)37-5-7-38(46(27-37)68-3)40-28-47-53-17-23-60(47)31-45(40)58-20-10-33(11-21-58)29-57-18-12-34(13-19-57)35-4-6-39-41(26-35)52(67)61(51(39)66)44-8-9-48(64)54-50(44)65;/h4-7,17,23,26-28,31,33-34,36,44H,8-16,18-22,24-25,29-30H2,1-3H3,(H,54,64,65);1H. The van der Waals surface area contributed by atoms with Gasteiger partial charge in [-0.05, 0) is 106 Å². The maximum atomic E-state index is 13.5. The summed E-state index contributed by atoms with van der Waals surface area (Å²) in [6, 6.07) is 13.4. The van der Waals surface area contributed by atoms with E-state index in [1.54, 1.807) is 20.1 Å². The average molecular weight is 939 g/mol. The number of nitrogens with zero attached hydrogens (tertiary/aromatic N) is 9. The number of nitrogens with one attached hydrogen (secondary N) is 1. The van der Waals surface area contributed by atoms with Gasteiger partial charge in [0.05, 0.1) is 36.5 Å². The summed E-state index contributed by atoms with van der Waals surface area (Å²) in [6.07, 6.45) is 12.9. The quantitative estimate of drug-likeness (QED) is 0.163. The molecule has 6 aliphatic heterocycles. The number of fused-ring (bicyclic) bond motifs is 3. The van der Waals surface area contributed by atoms with Crippen molar-refractivity contribution in [1.29, 1.82) is 0 Å². The molecule has 1 N–H and O–H groups in total. The van der Waals surface area contributed by atoms with Crippen LogP contribution in [0.25, 0.3) is 16.8 Å². The van der Waals surface area contributed by atoms with Crippen LogP contribution in [-0.4, -0.2) is 136 Å². The van der Waals surface area contributed by atoms with Crippen molar-refractivity contribution in [3.05, 3.63) is 89.0 Å². The molecule has 11 rings (SSSR count). The van der Waals surface area contributed by atoms with E-state index in [4.69, 9.17) is 14.6 Å². The van der Waals surface area contributed by atoms with Crippen LogP contribution in [0.5, 0.6) is 5.75 Å². The first-order valence-electron chi connectivity index (χ1n) is 24.7. The highest BCUT2D eigenvalue weighted by atomic mass is 16.5. The largest absolute Gasteiger partial charge is 0.496 e. The Labute approximate surface area is 402 Å². The number of amides is 5. The Morgan fingerprint density at radius 1 is 0.870 bits per heavy atom. The van der Waals surface area contributed by atoms with E-state index < -0.39 is 23.8 Å². The molecule has 5 amide bonds. The second-order valence-corrected chi connectivity index (χ2v) is 19.7. The molecule has 0 radical (unpaired) electrons. The molecule has 3 aromatic heterocycles. The predicted molar refractivity (Wildman–Crippen MR) is 260 cm³/mol. The first-order valence-corrected chi connectivity index (χ1v) is 24.7. The number of hydrogen-bond acceptors (Lipinski definition) is 12. The minimum Gasteiger partial charge on any atom is -0.496 e. The molecule has 6 aliphatic rings. The van der Waals surface area contributed by atoms with Crippen molar-refractivity contribution in [1.82, 2.24) is 39.2 Å². The maximum absolute atomic E-state index is 13.5. The fourth-order valence-corrected chi connectivity index (χ4v) is 11.8. The summed E-state index contributed by atoms with van der Waals surface area (Å²) in [4.78, 5) is 78.5. The molecule has 9 heterocycles. The zero-order valence-corrected chi connectivity index (χ0v) is 39.7. The van der Waals surface area contributed by atoms with Crippen LogP contribution in [0.3, 0.4) is 0 Å². The molecule has 69 heavy (non-hydrogen) atoms. The van der Waals surface area contributed by atoms with E-state index in [2.05, 4.69) is 71.6 Å². The van der Waals surface area contributed by atoms with Crippen LogP contribution in [0.15, 0.2) is 61.1 Å². The lowest BCUT2D eigenvalue weighted by Crippen LogP contribution is -2.54. The molecule has 0 bridgehead atoms. The predicted octanol–water partition coefficient (Wildman–Crippen LogP) is 5.97. The molecule has 4 saturated heterocycles. The van der Waals surface area contributed by atoms with Crippen LogP contribution >= 0.6 is 0 Å². The molecule has 1 unspecified atom stereocenters. The van der Waals surface area contributed by atoms with Crippen LogP contribution in [-0.2, 0) is 32.1 Å². The van der Waals surface area contributed by atoms with Gasteiger partial charge in [0.15, 0.2) is 5.82 Å². The second-order valence-electron chi connectivity index (χ2n) is 19.7. The molecule has 2 aromatic carbocycles. The summed E-state index contributed by atoms with van der Waals surface area (Å²) in [5.74, 6) is 0.618. The third-order valence-corrected chi connectivity index (χ3v) is 15.7. The fraction of sp³-hybridized carbons (Fsp3) is 0.481. The van der Waals surface area contributed by atoms with E-state index >= 15 is 0 Å². The van der Waals surface area contributed by atoms with Crippen molar-refractivity contribution in [2.45, 2.75) is 89.3 Å². The normalized spacial score (nSPS) is 21.0. The number of carbonyl (C=O) groups is 5. The molecule has 4 fully saturated rings. The van der Waals surface area contributed by atoms with Crippen molar-refractivity contribution in [3.8, 4) is 16.9 Å². The summed E-state index contributed by atoms with van der Waals surface area (Å²) in [6.45, 7) is 9.12. The van der Waals surface area contributed by atoms with E-state index in [0.29, 0.717) is 30.1 Å².